The molecule has 0 aliphatic heterocycles. The number of hydrogen-bond acceptors (Lipinski definition) is 3. The van der Waals surface area contributed by atoms with Crippen molar-refractivity contribution >= 4 is 5.91 Å². The number of carbonyl (C=O) groups is 1. The summed E-state index contributed by atoms with van der Waals surface area (Å²) in [6.07, 6.45) is 14.6. The van der Waals surface area contributed by atoms with Gasteiger partial charge in [0.15, 0.2) is 0 Å². The Kier molecular flexibility index (Phi) is 9.23. The third kappa shape index (κ3) is 6.45. The number of unbranched alkanes of at least 4 members (excludes halogenated alkanes) is 2. The summed E-state index contributed by atoms with van der Waals surface area (Å²) in [5.74, 6) is 1.58. The summed E-state index contributed by atoms with van der Waals surface area (Å²) in [5.41, 5.74) is 1.49. The number of aliphatic hydroxyl groups excluding tert-OH is 2. The molecule has 0 radical (unpaired) electrons. The first-order valence-corrected chi connectivity index (χ1v) is 11.3. The fourth-order valence-electron chi connectivity index (χ4n) is 4.77. The van der Waals surface area contributed by atoms with E-state index in [9.17, 15) is 15.0 Å². The van der Waals surface area contributed by atoms with Crippen LogP contribution in [-0.2, 0) is 4.79 Å². The minimum Gasteiger partial charge on any atom is -0.392 e. The van der Waals surface area contributed by atoms with E-state index in [-0.39, 0.29) is 23.8 Å². The number of nitrogens with zero attached hydrogens (tertiary/aromatic N) is 1. The van der Waals surface area contributed by atoms with Gasteiger partial charge in [-0.2, -0.15) is 0 Å². The van der Waals surface area contributed by atoms with Crippen LogP contribution in [0.5, 0.6) is 0 Å². The second kappa shape index (κ2) is 11.2. The Morgan fingerprint density at radius 1 is 1.32 bits per heavy atom. The van der Waals surface area contributed by atoms with E-state index >= 15 is 0 Å². The minimum atomic E-state index is -0.416. The average molecular weight is 392 g/mol. The number of amides is 1. The van der Waals surface area contributed by atoms with E-state index in [1.54, 1.807) is 4.90 Å². The molecule has 2 aliphatic rings. The fraction of sp³-hybridized carbons (Fsp3) is 0.792. The Bertz CT molecular complexity index is 554. The predicted molar refractivity (Wildman–Crippen MR) is 115 cm³/mol. The Morgan fingerprint density at radius 2 is 2.07 bits per heavy atom. The summed E-state index contributed by atoms with van der Waals surface area (Å²) in [6, 6.07) is 0. The Hall–Kier alpha value is -1.13. The van der Waals surface area contributed by atoms with Gasteiger partial charge >= 0.3 is 0 Å². The molecule has 0 unspecified atom stereocenters. The molecule has 160 valence electrons. The molecule has 28 heavy (non-hydrogen) atoms. The number of rotatable bonds is 11. The van der Waals surface area contributed by atoms with Gasteiger partial charge in [0.1, 0.15) is 0 Å². The van der Waals surface area contributed by atoms with Gasteiger partial charge in [0.2, 0.25) is 5.91 Å². The van der Waals surface area contributed by atoms with Gasteiger partial charge in [0.25, 0.3) is 0 Å². The monoisotopic (exact) mass is 391 g/mol. The van der Waals surface area contributed by atoms with Crippen molar-refractivity contribution in [2.24, 2.45) is 23.7 Å². The molecule has 0 aromatic heterocycles. The molecule has 0 aromatic rings. The van der Waals surface area contributed by atoms with Crippen LogP contribution in [0.4, 0.5) is 0 Å². The number of allylic oxidation sites excluding steroid dienone is 2. The van der Waals surface area contributed by atoms with Crippen LogP contribution in [-0.4, -0.2) is 47.3 Å². The maximum absolute atomic E-state index is 11.7. The van der Waals surface area contributed by atoms with E-state index < -0.39 is 6.10 Å². The van der Waals surface area contributed by atoms with Crippen LogP contribution in [0.15, 0.2) is 23.8 Å². The molecule has 6 atom stereocenters. The summed E-state index contributed by atoms with van der Waals surface area (Å²) in [6.45, 7) is 4.28. The molecular weight excluding hydrogens is 350 g/mol. The van der Waals surface area contributed by atoms with Crippen LogP contribution in [0.1, 0.15) is 71.6 Å². The van der Waals surface area contributed by atoms with E-state index in [0.29, 0.717) is 18.3 Å². The van der Waals surface area contributed by atoms with Crippen LogP contribution >= 0.6 is 0 Å². The van der Waals surface area contributed by atoms with E-state index in [1.165, 1.54) is 5.57 Å². The minimum absolute atomic E-state index is 0.155. The quantitative estimate of drug-likeness (QED) is 0.407. The molecule has 0 bridgehead atoms. The summed E-state index contributed by atoms with van der Waals surface area (Å²) < 4.78 is 0. The van der Waals surface area contributed by atoms with Gasteiger partial charge in [0, 0.05) is 26.4 Å². The molecule has 0 aromatic carbocycles. The van der Waals surface area contributed by atoms with Crippen molar-refractivity contribution in [2.75, 3.05) is 14.1 Å². The van der Waals surface area contributed by atoms with Crippen molar-refractivity contribution in [3.8, 4) is 0 Å². The molecule has 2 aliphatic carbocycles. The molecule has 2 rings (SSSR count). The second-order valence-corrected chi connectivity index (χ2v) is 9.23. The summed E-state index contributed by atoms with van der Waals surface area (Å²) in [4.78, 5) is 13.3. The van der Waals surface area contributed by atoms with Gasteiger partial charge in [-0.25, -0.2) is 0 Å². The zero-order valence-electron chi connectivity index (χ0n) is 18.3. The molecule has 1 fully saturated rings. The normalized spacial score (nSPS) is 29.0. The standard InChI is InChI=1S/C24H41NO3/c1-5-6-9-17(2)22(26)13-12-20-21-15-18(14-19(21)16-23(20)27)10-7-8-11-24(28)25(3)4/h12-14,17,19-23,26-27H,5-11,15-16H2,1-4H3/t17-,19-,20+,21-,22+,23+/m0/s1. The van der Waals surface area contributed by atoms with Crippen LogP contribution < -0.4 is 0 Å². The number of aliphatic hydroxyl groups is 2. The van der Waals surface area contributed by atoms with Crippen molar-refractivity contribution in [2.45, 2.75) is 83.8 Å². The van der Waals surface area contributed by atoms with Crippen LogP contribution in [0.25, 0.3) is 0 Å². The van der Waals surface area contributed by atoms with Gasteiger partial charge in [-0.15, -0.1) is 0 Å². The molecule has 4 heteroatoms. The highest BCUT2D eigenvalue weighted by atomic mass is 16.3. The molecular formula is C24H41NO3. The third-order valence-electron chi connectivity index (χ3n) is 6.71. The van der Waals surface area contributed by atoms with Gasteiger partial charge in [0.05, 0.1) is 12.2 Å². The van der Waals surface area contributed by atoms with Crippen LogP contribution in [0.3, 0.4) is 0 Å². The lowest BCUT2D eigenvalue weighted by Crippen LogP contribution is -2.21. The molecule has 0 saturated heterocycles. The van der Waals surface area contributed by atoms with Crippen molar-refractivity contribution in [3.05, 3.63) is 23.8 Å². The topological polar surface area (TPSA) is 60.8 Å². The van der Waals surface area contributed by atoms with Gasteiger partial charge in [-0.05, 0) is 56.3 Å². The van der Waals surface area contributed by atoms with Crippen molar-refractivity contribution in [1.29, 1.82) is 0 Å². The number of hydrogen-bond donors (Lipinski definition) is 2. The maximum atomic E-state index is 11.7. The van der Waals surface area contributed by atoms with E-state index in [4.69, 9.17) is 0 Å². The summed E-state index contributed by atoms with van der Waals surface area (Å²) >= 11 is 0. The number of carbonyl (C=O) groups excluding carboxylic acids is 1. The summed E-state index contributed by atoms with van der Waals surface area (Å²) in [5, 5.41) is 20.9. The Morgan fingerprint density at radius 3 is 2.75 bits per heavy atom. The largest absolute Gasteiger partial charge is 0.392 e. The lowest BCUT2D eigenvalue weighted by atomic mass is 9.87. The van der Waals surface area contributed by atoms with Crippen molar-refractivity contribution in [1.82, 2.24) is 4.90 Å². The number of fused-ring (bicyclic) bond motifs is 1. The first-order chi connectivity index (χ1) is 13.3. The maximum Gasteiger partial charge on any atom is 0.222 e. The molecule has 1 saturated carbocycles. The predicted octanol–water partition coefficient (Wildman–Crippen LogP) is 4.32. The average Bonchev–Trinajstić information content (AvgIpc) is 3.17. The Balaban J connectivity index is 1.80. The fourth-order valence-corrected chi connectivity index (χ4v) is 4.77. The van der Waals surface area contributed by atoms with E-state index in [1.807, 2.05) is 20.2 Å². The third-order valence-corrected chi connectivity index (χ3v) is 6.71. The summed E-state index contributed by atoms with van der Waals surface area (Å²) in [7, 11) is 3.62. The van der Waals surface area contributed by atoms with Gasteiger partial charge in [-0.3, -0.25) is 4.79 Å². The second-order valence-electron chi connectivity index (χ2n) is 9.23. The van der Waals surface area contributed by atoms with E-state index in [2.05, 4.69) is 26.0 Å². The zero-order valence-corrected chi connectivity index (χ0v) is 18.3. The highest BCUT2D eigenvalue weighted by molar-refractivity contribution is 5.75. The lowest BCUT2D eigenvalue weighted by molar-refractivity contribution is -0.128. The molecule has 2 N–H and O–H groups in total. The smallest absolute Gasteiger partial charge is 0.222 e. The molecule has 1 amide bonds. The van der Waals surface area contributed by atoms with Crippen molar-refractivity contribution in [3.63, 3.8) is 0 Å². The molecule has 0 heterocycles. The van der Waals surface area contributed by atoms with E-state index in [0.717, 1.165) is 51.4 Å². The van der Waals surface area contributed by atoms with Gasteiger partial charge in [-0.1, -0.05) is 50.5 Å². The first-order valence-electron chi connectivity index (χ1n) is 11.3. The zero-order chi connectivity index (χ0) is 20.7. The molecule has 4 nitrogen and oxygen atoms in total. The van der Waals surface area contributed by atoms with Crippen LogP contribution in [0.2, 0.25) is 0 Å². The highest BCUT2D eigenvalue weighted by Crippen LogP contribution is 2.48. The molecule has 0 spiro atoms. The lowest BCUT2D eigenvalue weighted by Gasteiger charge is -2.20. The SMILES string of the molecule is CCCC[C@H](C)[C@H](O)C=C[C@@H]1[C@H]2CC(CCCCC(=O)N(C)C)=C[C@H]2C[C@H]1O. The van der Waals surface area contributed by atoms with Crippen molar-refractivity contribution < 1.29 is 15.0 Å². The van der Waals surface area contributed by atoms with Crippen LogP contribution in [0, 0.1) is 23.7 Å². The first kappa shape index (κ1) is 23.2. The highest BCUT2D eigenvalue weighted by Gasteiger charge is 2.43. The Labute approximate surface area is 171 Å². The van der Waals surface area contributed by atoms with Gasteiger partial charge < -0.3 is 15.1 Å².